The Labute approximate surface area is 64.3 Å². The van der Waals surface area contributed by atoms with Gasteiger partial charge in [-0.15, -0.1) is 18.3 Å². The molecule has 0 fully saturated rings. The fraction of sp³-hybridized carbons (Fsp3) is 0.500. The molecular formula is C6H11NO2S. The van der Waals surface area contributed by atoms with Crippen molar-refractivity contribution in [3.63, 3.8) is 0 Å². The maximum atomic E-state index is 10.3. The molecule has 3 nitrogen and oxygen atoms in total. The normalized spacial score (nSPS) is 12.5. The maximum Gasteiger partial charge on any atom is 0.317 e. The Balaban J connectivity index is 3.60. The first-order chi connectivity index (χ1) is 4.72. The summed E-state index contributed by atoms with van der Waals surface area (Å²) in [6, 6.07) is 0. The van der Waals surface area contributed by atoms with Crippen molar-refractivity contribution >= 4 is 17.7 Å². The lowest BCUT2D eigenvalue weighted by molar-refractivity contribution is -0.136. The highest BCUT2D eigenvalue weighted by Crippen LogP contribution is 2.08. The molecule has 0 bridgehead atoms. The van der Waals surface area contributed by atoms with E-state index in [9.17, 15) is 4.79 Å². The van der Waals surface area contributed by atoms with Gasteiger partial charge >= 0.3 is 5.97 Å². The van der Waals surface area contributed by atoms with E-state index < -0.39 is 11.2 Å². The molecule has 0 rings (SSSR count). The molecule has 0 radical (unpaired) electrons. The summed E-state index contributed by atoms with van der Waals surface area (Å²) in [6.07, 6.45) is 1.66. The van der Waals surface area contributed by atoms with Crippen molar-refractivity contribution in [2.45, 2.75) is 5.25 Å². The van der Waals surface area contributed by atoms with Gasteiger partial charge < -0.3 is 10.8 Å². The van der Waals surface area contributed by atoms with E-state index in [1.165, 1.54) is 11.8 Å². The SMILES string of the molecule is C=CCSC(CN)C(=O)O. The summed E-state index contributed by atoms with van der Waals surface area (Å²) in [5.74, 6) is -0.219. The third kappa shape index (κ3) is 3.53. The first-order valence-electron chi connectivity index (χ1n) is 2.87. The highest BCUT2D eigenvalue weighted by molar-refractivity contribution is 8.00. The lowest BCUT2D eigenvalue weighted by Gasteiger charge is -2.05. The van der Waals surface area contributed by atoms with Gasteiger partial charge in [-0.2, -0.15) is 0 Å². The first kappa shape index (κ1) is 9.52. The second kappa shape index (κ2) is 5.32. The standard InChI is InChI=1S/C6H11NO2S/c1-2-3-10-5(4-7)6(8)9/h2,5H,1,3-4,7H2,(H,8,9). The van der Waals surface area contributed by atoms with Crippen molar-refractivity contribution in [1.82, 2.24) is 0 Å². The number of hydrogen-bond donors (Lipinski definition) is 2. The molecule has 0 aromatic carbocycles. The van der Waals surface area contributed by atoms with E-state index in [-0.39, 0.29) is 6.54 Å². The number of hydrogen-bond acceptors (Lipinski definition) is 3. The number of aliphatic carboxylic acids is 1. The van der Waals surface area contributed by atoms with Gasteiger partial charge in [-0.05, 0) is 0 Å². The van der Waals surface area contributed by atoms with Gasteiger partial charge in [-0.1, -0.05) is 6.08 Å². The van der Waals surface area contributed by atoms with Crippen molar-refractivity contribution in [3.05, 3.63) is 12.7 Å². The Bertz CT molecular complexity index is 127. The average molecular weight is 161 g/mol. The van der Waals surface area contributed by atoms with E-state index >= 15 is 0 Å². The van der Waals surface area contributed by atoms with E-state index in [2.05, 4.69) is 6.58 Å². The number of carbonyl (C=O) groups is 1. The lowest BCUT2D eigenvalue weighted by Crippen LogP contribution is -2.26. The van der Waals surface area contributed by atoms with Gasteiger partial charge in [-0.25, -0.2) is 0 Å². The largest absolute Gasteiger partial charge is 0.480 e. The summed E-state index contributed by atoms with van der Waals surface area (Å²) in [5, 5.41) is 7.98. The molecular weight excluding hydrogens is 150 g/mol. The van der Waals surface area contributed by atoms with Crippen LogP contribution >= 0.6 is 11.8 Å². The minimum absolute atomic E-state index is 0.174. The van der Waals surface area contributed by atoms with E-state index in [4.69, 9.17) is 10.8 Å². The fourth-order valence-corrected chi connectivity index (χ4v) is 1.07. The van der Waals surface area contributed by atoms with E-state index in [1.54, 1.807) is 6.08 Å². The summed E-state index contributed by atoms with van der Waals surface area (Å²) < 4.78 is 0. The van der Waals surface area contributed by atoms with Crippen LogP contribution < -0.4 is 5.73 Å². The van der Waals surface area contributed by atoms with Crippen LogP contribution in [0.1, 0.15) is 0 Å². The van der Waals surface area contributed by atoms with Crippen LogP contribution in [0.3, 0.4) is 0 Å². The van der Waals surface area contributed by atoms with Gasteiger partial charge in [0.2, 0.25) is 0 Å². The van der Waals surface area contributed by atoms with Crippen LogP contribution in [0.25, 0.3) is 0 Å². The van der Waals surface area contributed by atoms with Crippen LogP contribution in [0.15, 0.2) is 12.7 Å². The second-order valence-corrected chi connectivity index (χ2v) is 2.92. The molecule has 0 saturated heterocycles. The highest BCUT2D eigenvalue weighted by Gasteiger charge is 2.13. The quantitative estimate of drug-likeness (QED) is 0.570. The topological polar surface area (TPSA) is 63.3 Å². The number of carboxylic acid groups (broad SMARTS) is 1. The molecule has 0 heterocycles. The number of nitrogens with two attached hydrogens (primary N) is 1. The minimum Gasteiger partial charge on any atom is -0.480 e. The zero-order chi connectivity index (χ0) is 7.98. The van der Waals surface area contributed by atoms with Crippen LogP contribution in [0, 0.1) is 0 Å². The Morgan fingerprint density at radius 2 is 2.50 bits per heavy atom. The summed E-state index contributed by atoms with van der Waals surface area (Å²) in [7, 11) is 0. The van der Waals surface area contributed by atoms with E-state index in [1.807, 2.05) is 0 Å². The predicted octanol–water partition coefficient (Wildman–Crippen LogP) is 0.317. The fourth-order valence-electron chi connectivity index (χ4n) is 0.424. The molecule has 0 spiro atoms. The van der Waals surface area contributed by atoms with Gasteiger partial charge in [0.25, 0.3) is 0 Å². The van der Waals surface area contributed by atoms with Crippen molar-refractivity contribution < 1.29 is 9.90 Å². The Morgan fingerprint density at radius 1 is 1.90 bits per heavy atom. The maximum absolute atomic E-state index is 10.3. The number of thioether (sulfide) groups is 1. The molecule has 3 N–H and O–H groups in total. The van der Waals surface area contributed by atoms with Gasteiger partial charge in [-0.3, -0.25) is 4.79 Å². The predicted molar refractivity (Wildman–Crippen MR) is 43.1 cm³/mol. The zero-order valence-electron chi connectivity index (χ0n) is 5.62. The highest BCUT2D eigenvalue weighted by atomic mass is 32.2. The molecule has 4 heteroatoms. The smallest absolute Gasteiger partial charge is 0.317 e. The van der Waals surface area contributed by atoms with Crippen LogP contribution in [0.5, 0.6) is 0 Å². The Morgan fingerprint density at radius 3 is 2.80 bits per heavy atom. The molecule has 0 amide bonds. The molecule has 0 saturated carbocycles. The summed E-state index contributed by atoms with van der Waals surface area (Å²) in [5.41, 5.74) is 5.18. The third-order valence-electron chi connectivity index (χ3n) is 0.905. The molecule has 10 heavy (non-hydrogen) atoms. The lowest BCUT2D eigenvalue weighted by atomic mass is 10.4. The zero-order valence-corrected chi connectivity index (χ0v) is 6.43. The third-order valence-corrected chi connectivity index (χ3v) is 2.13. The van der Waals surface area contributed by atoms with Gasteiger partial charge in [0.05, 0.1) is 0 Å². The molecule has 0 aliphatic rings. The van der Waals surface area contributed by atoms with Crippen molar-refractivity contribution in [2.24, 2.45) is 5.73 Å². The summed E-state index contributed by atoms with van der Waals surface area (Å²) in [4.78, 5) is 10.3. The molecule has 0 aromatic heterocycles. The second-order valence-electron chi connectivity index (χ2n) is 1.68. The van der Waals surface area contributed by atoms with Crippen LogP contribution in [0.4, 0.5) is 0 Å². The van der Waals surface area contributed by atoms with Crippen LogP contribution in [-0.2, 0) is 4.79 Å². The van der Waals surface area contributed by atoms with Gasteiger partial charge in [0.15, 0.2) is 0 Å². The number of rotatable bonds is 5. The van der Waals surface area contributed by atoms with Crippen molar-refractivity contribution in [1.29, 1.82) is 0 Å². The van der Waals surface area contributed by atoms with E-state index in [0.717, 1.165) is 0 Å². The van der Waals surface area contributed by atoms with Gasteiger partial charge in [0.1, 0.15) is 5.25 Å². The van der Waals surface area contributed by atoms with Crippen molar-refractivity contribution in [3.8, 4) is 0 Å². The van der Waals surface area contributed by atoms with E-state index in [0.29, 0.717) is 5.75 Å². The average Bonchev–Trinajstić information content (AvgIpc) is 1.89. The monoisotopic (exact) mass is 161 g/mol. The van der Waals surface area contributed by atoms with Crippen LogP contribution in [-0.4, -0.2) is 28.6 Å². The van der Waals surface area contributed by atoms with Gasteiger partial charge in [0, 0.05) is 12.3 Å². The molecule has 0 aliphatic carbocycles. The summed E-state index contributed by atoms with van der Waals surface area (Å²) >= 11 is 1.29. The van der Waals surface area contributed by atoms with Crippen molar-refractivity contribution in [2.75, 3.05) is 12.3 Å². The Kier molecular flexibility index (Phi) is 5.06. The first-order valence-corrected chi connectivity index (χ1v) is 3.92. The Hall–Kier alpha value is -0.480. The minimum atomic E-state index is -0.852. The summed E-state index contributed by atoms with van der Waals surface area (Å²) in [6.45, 7) is 3.65. The molecule has 1 unspecified atom stereocenters. The van der Waals surface area contributed by atoms with Crippen LogP contribution in [0.2, 0.25) is 0 Å². The molecule has 0 aromatic rings. The molecule has 0 aliphatic heterocycles. The molecule has 1 atom stereocenters. The molecule has 58 valence electrons. The number of carboxylic acids is 1.